The molecule has 0 unspecified atom stereocenters. The Balaban J connectivity index is 2.21. The molecule has 0 aliphatic heterocycles. The molecule has 1 aromatic heterocycles. The molecule has 0 fully saturated rings. The second-order valence-electron chi connectivity index (χ2n) is 4.26. The van der Waals surface area contributed by atoms with Crippen molar-refractivity contribution in [3.8, 4) is 11.6 Å². The number of hydrogen-bond donors (Lipinski definition) is 1. The van der Waals surface area contributed by atoms with E-state index in [2.05, 4.69) is 24.9 Å². The normalized spacial score (nSPS) is 10.5. The van der Waals surface area contributed by atoms with Gasteiger partial charge in [0, 0.05) is 18.0 Å². The van der Waals surface area contributed by atoms with Crippen LogP contribution in [0.5, 0.6) is 11.6 Å². The first-order valence-electron chi connectivity index (χ1n) is 5.64. The van der Waals surface area contributed by atoms with Crippen molar-refractivity contribution in [1.82, 2.24) is 4.98 Å². The number of aromatic nitrogens is 1. The summed E-state index contributed by atoms with van der Waals surface area (Å²) in [6.07, 6.45) is 1.64. The van der Waals surface area contributed by atoms with E-state index in [1.165, 1.54) is 5.56 Å². The number of anilines is 1. The smallest absolute Gasteiger partial charge is 0.221 e. The molecular weight excluding hydrogens is 212 g/mol. The van der Waals surface area contributed by atoms with Gasteiger partial charge in [-0.3, -0.25) is 0 Å². The fraction of sp³-hybridized carbons (Fsp3) is 0.214. The van der Waals surface area contributed by atoms with Crippen LogP contribution in [-0.4, -0.2) is 4.98 Å². The van der Waals surface area contributed by atoms with E-state index in [0.717, 1.165) is 5.75 Å². The molecule has 0 amide bonds. The van der Waals surface area contributed by atoms with Crippen molar-refractivity contribution in [1.29, 1.82) is 0 Å². The van der Waals surface area contributed by atoms with Gasteiger partial charge in [-0.2, -0.15) is 0 Å². The fourth-order valence-electron chi connectivity index (χ4n) is 1.54. The third-order valence-electron chi connectivity index (χ3n) is 2.51. The Hall–Kier alpha value is -2.03. The predicted octanol–water partition coefficient (Wildman–Crippen LogP) is 3.58. The molecule has 2 rings (SSSR count). The lowest BCUT2D eigenvalue weighted by atomic mass is 10.0. The second kappa shape index (κ2) is 4.87. The Bertz CT molecular complexity index is 509. The van der Waals surface area contributed by atoms with Crippen molar-refractivity contribution in [3.63, 3.8) is 0 Å². The minimum Gasteiger partial charge on any atom is -0.439 e. The van der Waals surface area contributed by atoms with Gasteiger partial charge in [-0.15, -0.1) is 0 Å². The van der Waals surface area contributed by atoms with E-state index >= 15 is 0 Å². The van der Waals surface area contributed by atoms with Gasteiger partial charge in [0.05, 0.1) is 0 Å². The van der Waals surface area contributed by atoms with Crippen LogP contribution in [0.2, 0.25) is 0 Å². The predicted molar refractivity (Wildman–Crippen MR) is 69.3 cm³/mol. The summed E-state index contributed by atoms with van der Waals surface area (Å²) in [5.41, 5.74) is 7.56. The third kappa shape index (κ3) is 2.97. The summed E-state index contributed by atoms with van der Waals surface area (Å²) in [6.45, 7) is 4.30. The van der Waals surface area contributed by atoms with Crippen molar-refractivity contribution in [3.05, 3.63) is 48.2 Å². The van der Waals surface area contributed by atoms with Gasteiger partial charge >= 0.3 is 0 Å². The van der Waals surface area contributed by atoms with Gasteiger partial charge in [0.2, 0.25) is 5.88 Å². The molecule has 0 spiro atoms. The molecule has 0 bridgehead atoms. The standard InChI is InChI=1S/C14H16N2O/c1-10(2)11-4-3-5-13(8-11)17-14-9-12(15)6-7-16-14/h3-10H,1-2H3,(H2,15,16). The molecule has 2 N–H and O–H groups in total. The van der Waals surface area contributed by atoms with Crippen LogP contribution in [0.25, 0.3) is 0 Å². The lowest BCUT2D eigenvalue weighted by molar-refractivity contribution is 0.462. The molecule has 2 aromatic rings. The maximum absolute atomic E-state index is 5.67. The molecule has 88 valence electrons. The van der Waals surface area contributed by atoms with E-state index in [1.54, 1.807) is 18.3 Å². The molecule has 0 aliphatic rings. The molecule has 0 aliphatic carbocycles. The molecule has 1 aromatic carbocycles. The summed E-state index contributed by atoms with van der Waals surface area (Å²) in [7, 11) is 0. The largest absolute Gasteiger partial charge is 0.439 e. The van der Waals surface area contributed by atoms with E-state index in [4.69, 9.17) is 10.5 Å². The summed E-state index contributed by atoms with van der Waals surface area (Å²) in [4.78, 5) is 4.11. The minimum atomic E-state index is 0.479. The highest BCUT2D eigenvalue weighted by Crippen LogP contribution is 2.24. The van der Waals surface area contributed by atoms with Crippen molar-refractivity contribution in [2.24, 2.45) is 0 Å². The molecule has 17 heavy (non-hydrogen) atoms. The topological polar surface area (TPSA) is 48.1 Å². The Morgan fingerprint density at radius 3 is 2.71 bits per heavy atom. The van der Waals surface area contributed by atoms with Gasteiger partial charge in [-0.25, -0.2) is 4.98 Å². The molecule has 3 heteroatoms. The minimum absolute atomic E-state index is 0.479. The number of hydrogen-bond acceptors (Lipinski definition) is 3. The average Bonchev–Trinajstić information content (AvgIpc) is 2.29. The fourth-order valence-corrected chi connectivity index (χ4v) is 1.54. The van der Waals surface area contributed by atoms with Gasteiger partial charge in [0.15, 0.2) is 0 Å². The van der Waals surface area contributed by atoms with Crippen molar-refractivity contribution in [2.75, 3.05) is 5.73 Å². The van der Waals surface area contributed by atoms with E-state index < -0.39 is 0 Å². The first kappa shape index (κ1) is 11.5. The maximum atomic E-state index is 5.67. The number of pyridine rings is 1. The Labute approximate surface area is 101 Å². The highest BCUT2D eigenvalue weighted by Gasteiger charge is 2.03. The van der Waals surface area contributed by atoms with Crippen LogP contribution in [0, 0.1) is 0 Å². The van der Waals surface area contributed by atoms with Crippen LogP contribution in [-0.2, 0) is 0 Å². The zero-order valence-corrected chi connectivity index (χ0v) is 10.1. The van der Waals surface area contributed by atoms with Crippen LogP contribution in [0.15, 0.2) is 42.6 Å². The number of ether oxygens (including phenoxy) is 1. The molecule has 3 nitrogen and oxygen atoms in total. The quantitative estimate of drug-likeness (QED) is 0.873. The van der Waals surface area contributed by atoms with Crippen molar-refractivity contribution < 1.29 is 4.74 Å². The lowest BCUT2D eigenvalue weighted by Crippen LogP contribution is -1.92. The van der Waals surface area contributed by atoms with Crippen LogP contribution >= 0.6 is 0 Å². The van der Waals surface area contributed by atoms with Crippen LogP contribution in [0.4, 0.5) is 5.69 Å². The molecule has 0 saturated carbocycles. The van der Waals surface area contributed by atoms with E-state index in [9.17, 15) is 0 Å². The first-order chi connectivity index (χ1) is 8.15. The number of benzene rings is 1. The summed E-state index contributed by atoms with van der Waals surface area (Å²) in [5, 5.41) is 0. The van der Waals surface area contributed by atoms with Crippen LogP contribution in [0.1, 0.15) is 25.3 Å². The molecule has 1 heterocycles. The molecule has 0 atom stereocenters. The zero-order valence-electron chi connectivity index (χ0n) is 10.1. The zero-order chi connectivity index (χ0) is 12.3. The van der Waals surface area contributed by atoms with Gasteiger partial charge in [-0.05, 0) is 29.7 Å². The van der Waals surface area contributed by atoms with Crippen molar-refractivity contribution in [2.45, 2.75) is 19.8 Å². The highest BCUT2D eigenvalue weighted by molar-refractivity contribution is 5.41. The van der Waals surface area contributed by atoms with Gasteiger partial charge < -0.3 is 10.5 Å². The van der Waals surface area contributed by atoms with Gasteiger partial charge in [0.25, 0.3) is 0 Å². The van der Waals surface area contributed by atoms with Gasteiger partial charge in [-0.1, -0.05) is 26.0 Å². The first-order valence-corrected chi connectivity index (χ1v) is 5.64. The summed E-state index contributed by atoms with van der Waals surface area (Å²) in [6, 6.07) is 11.5. The highest BCUT2D eigenvalue weighted by atomic mass is 16.5. The molecule has 0 saturated heterocycles. The SMILES string of the molecule is CC(C)c1cccc(Oc2cc(N)ccn2)c1. The number of nitrogens with two attached hydrogens (primary N) is 1. The Kier molecular flexibility index (Phi) is 3.28. The number of nitrogens with zero attached hydrogens (tertiary/aromatic N) is 1. The summed E-state index contributed by atoms with van der Waals surface area (Å²) in [5.74, 6) is 1.78. The Morgan fingerprint density at radius 1 is 1.18 bits per heavy atom. The second-order valence-corrected chi connectivity index (χ2v) is 4.26. The number of nitrogen functional groups attached to an aromatic ring is 1. The summed E-state index contributed by atoms with van der Waals surface area (Å²) < 4.78 is 5.66. The monoisotopic (exact) mass is 228 g/mol. The van der Waals surface area contributed by atoms with Crippen LogP contribution < -0.4 is 10.5 Å². The van der Waals surface area contributed by atoms with Gasteiger partial charge in [0.1, 0.15) is 5.75 Å². The van der Waals surface area contributed by atoms with E-state index in [0.29, 0.717) is 17.5 Å². The Morgan fingerprint density at radius 2 is 2.00 bits per heavy atom. The molecular formula is C14H16N2O. The van der Waals surface area contributed by atoms with Crippen molar-refractivity contribution >= 4 is 5.69 Å². The van der Waals surface area contributed by atoms with E-state index in [-0.39, 0.29) is 0 Å². The van der Waals surface area contributed by atoms with Crippen LogP contribution in [0.3, 0.4) is 0 Å². The third-order valence-corrected chi connectivity index (χ3v) is 2.51. The number of rotatable bonds is 3. The lowest BCUT2D eigenvalue weighted by Gasteiger charge is -2.09. The van der Waals surface area contributed by atoms with E-state index in [1.807, 2.05) is 18.2 Å². The average molecular weight is 228 g/mol. The maximum Gasteiger partial charge on any atom is 0.221 e. The molecule has 0 radical (unpaired) electrons. The summed E-state index contributed by atoms with van der Waals surface area (Å²) >= 11 is 0.